The number of aliphatic hydroxyl groups excluding tert-OH is 5. The number of anilines is 1. The van der Waals surface area contributed by atoms with Gasteiger partial charge in [0.15, 0.2) is 35.4 Å². The smallest absolute Gasteiger partial charge is 0.312 e. The van der Waals surface area contributed by atoms with Gasteiger partial charge in [0.25, 0.3) is 0 Å². The number of Topliss-reactive ketones (excluding diaryl/α,β-unsaturated/α-hetero) is 4. The molecule has 3 saturated carbocycles. The molecule has 3 unspecified atom stereocenters. The molecule has 11 rings (SSSR count). The lowest BCUT2D eigenvalue weighted by Gasteiger charge is -2.63. The Kier molecular flexibility index (Phi) is 35.0. The molecule has 33 heteroatoms. The van der Waals surface area contributed by atoms with Gasteiger partial charge < -0.3 is 95.3 Å². The highest BCUT2D eigenvalue weighted by molar-refractivity contribution is 5.98. The number of ketones is 4. The minimum atomic E-state index is -2.36. The van der Waals surface area contributed by atoms with E-state index < -0.39 is 174 Å². The quantitative estimate of drug-likeness (QED) is 0.0204. The summed E-state index contributed by atoms with van der Waals surface area (Å²) in [4.78, 5) is 127. The predicted molar refractivity (Wildman–Crippen MR) is 452 cm³/mol. The molecule has 2 saturated heterocycles. The van der Waals surface area contributed by atoms with Crippen LogP contribution in [0.25, 0.3) is 0 Å². The normalized spacial score (nSPS) is 28.4. The van der Waals surface area contributed by atoms with Gasteiger partial charge >= 0.3 is 6.03 Å². The summed E-state index contributed by atoms with van der Waals surface area (Å²) in [5, 5.41) is 73.7. The predicted octanol–water partition coefficient (Wildman–Crippen LogP) is 6.87. The average molecular weight is 1750 g/mol. The van der Waals surface area contributed by atoms with Crippen molar-refractivity contribution in [2.24, 2.45) is 46.2 Å². The number of primary amides is 1. The van der Waals surface area contributed by atoms with Crippen LogP contribution >= 0.6 is 0 Å². The number of halogens is 2. The number of nitrogens with two attached hydrogens (primary N) is 1. The number of benzene rings is 2. The topological polar surface area (TPSA) is 437 Å². The van der Waals surface area contributed by atoms with E-state index in [4.69, 9.17) is 43.6 Å². The number of carbonyl (C=O) groups excluding carboxylic acids is 9. The fraction of sp³-hybridized carbons (Fsp3) is 0.663. The first-order chi connectivity index (χ1) is 60.0. The fourth-order valence-electron chi connectivity index (χ4n) is 19.7. The second-order valence-electron chi connectivity index (χ2n) is 35.2. The number of para-hydroxylation sites is 1. The third kappa shape index (κ3) is 23.0. The highest BCUT2D eigenvalue weighted by Gasteiger charge is 2.80. The van der Waals surface area contributed by atoms with Crippen LogP contribution in [0.15, 0.2) is 84.5 Å². The first-order valence-electron chi connectivity index (χ1n) is 44.6. The maximum Gasteiger partial charge on any atom is 0.312 e. The van der Waals surface area contributed by atoms with E-state index in [1.54, 1.807) is 50.8 Å². The van der Waals surface area contributed by atoms with Crippen molar-refractivity contribution in [3.63, 3.8) is 0 Å². The number of aromatic nitrogens is 3. The molecule has 0 bridgehead atoms. The summed E-state index contributed by atoms with van der Waals surface area (Å²) in [6.45, 7) is 13.2. The van der Waals surface area contributed by atoms with Crippen LogP contribution in [0.5, 0.6) is 0 Å². The zero-order valence-electron chi connectivity index (χ0n) is 72.5. The van der Waals surface area contributed by atoms with E-state index in [1.807, 2.05) is 55.5 Å². The van der Waals surface area contributed by atoms with Gasteiger partial charge in [-0.2, -0.15) is 0 Å². The fourth-order valence-corrected chi connectivity index (χ4v) is 19.7. The Morgan fingerprint density at radius 1 is 0.744 bits per heavy atom. The monoisotopic (exact) mass is 1750 g/mol. The van der Waals surface area contributed by atoms with Gasteiger partial charge in [-0.15, -0.1) is 5.10 Å². The summed E-state index contributed by atoms with van der Waals surface area (Å²) in [5.41, 5.74) is 3.25. The summed E-state index contributed by atoms with van der Waals surface area (Å²) >= 11 is 0. The average Bonchev–Trinajstić information content (AvgIpc) is 1.53. The van der Waals surface area contributed by atoms with Crippen molar-refractivity contribution in [2.75, 3.05) is 90.6 Å². The molecule has 6 amide bonds. The van der Waals surface area contributed by atoms with Crippen LogP contribution in [0.3, 0.4) is 0 Å². The summed E-state index contributed by atoms with van der Waals surface area (Å²) in [6.07, 6.45) is -3.52. The number of fused-ring (bicyclic) bond motifs is 10. The number of carbonyl (C=O) groups is 9. The Morgan fingerprint density at radius 3 is 2.16 bits per heavy atom. The number of aliphatic hydroxyl groups is 5. The van der Waals surface area contributed by atoms with Gasteiger partial charge in [0.2, 0.25) is 23.6 Å². The number of alkyl halides is 2. The number of hydrogen-bond donors (Lipinski definition) is 10. The largest absolute Gasteiger partial charge is 0.394 e. The molecule has 3 aliphatic heterocycles. The van der Waals surface area contributed by atoms with Crippen LogP contribution in [0, 0.1) is 52.3 Å². The number of nitrogens with zero attached hydrogens (tertiary/aromatic N) is 4. The zero-order valence-corrected chi connectivity index (χ0v) is 72.5. The molecule has 19 atom stereocenters. The Labute approximate surface area is 729 Å². The summed E-state index contributed by atoms with van der Waals surface area (Å²) in [5.74, 6) is -1.58. The molecule has 3 aromatic rings. The van der Waals surface area contributed by atoms with Crippen LogP contribution in [0.4, 0.5) is 19.3 Å². The molecule has 0 spiro atoms. The molecule has 2 aromatic carbocycles. The van der Waals surface area contributed by atoms with E-state index in [0.29, 0.717) is 87.4 Å². The molecule has 4 heterocycles. The third-order valence-electron chi connectivity index (χ3n) is 26.4. The number of amides is 6. The highest BCUT2D eigenvalue weighted by Crippen LogP contribution is 2.72. The van der Waals surface area contributed by atoms with Crippen molar-refractivity contribution in [3.05, 3.63) is 113 Å². The van der Waals surface area contributed by atoms with Gasteiger partial charge in [-0.05, 0) is 131 Å². The van der Waals surface area contributed by atoms with Crippen LogP contribution in [-0.4, -0.2) is 245 Å². The Hall–Kier alpha value is -8.47. The van der Waals surface area contributed by atoms with E-state index >= 15 is 13.6 Å². The van der Waals surface area contributed by atoms with Gasteiger partial charge in [-0.25, -0.2) is 18.3 Å². The van der Waals surface area contributed by atoms with Gasteiger partial charge in [0.05, 0.1) is 95.6 Å². The van der Waals surface area contributed by atoms with Crippen LogP contribution in [0.1, 0.15) is 210 Å². The standard InChI is InChI=1S/C92H127F2N9O22/c1-7-19-79-124-76-50-65-66-49-68(93)67-46-57(4)33-35-89(67,5)91(66,94)74(108)51-90(65,6)92(76,125-79)75(109)52-98-85(115)61(24-17-37-97-88(95)117)48-71(107)80(56(2)3)99-86(116)60(22-15-16-36-96-77(110)55-122-72-28-10-8-9-27-70-81(72)100-101-103(70)87-84(114)83(113)82(112)73(54-104)123-87)47-64(106)34-39-119-41-43-121-45-44-120-42-40-118-38-18-25-63(105)31-32-78(111)102-53-62-23-12-11-20-58(62)29-30-59-21-13-14-26-69(59)102/h11-14,20-21,23,26,33,35,46,56,60-61,65-66,68,72-74,76,79-80,82-84,87,104,108,112-114H,4,7-10,15-19,22,24-25,27-28,31-32,34,36-45,47-55H2,1-3,5-6H3,(H,96,110)(H,98,115)(H,99,116)(H3,95,97,117)/t60-,61+,65-,66-,68-,72?,73+,74-,76+,79?,80-,82-,83-,84+,87?,89-,90-,91-,92+/m0/s1. The van der Waals surface area contributed by atoms with E-state index in [2.05, 4.69) is 50.0 Å². The van der Waals surface area contributed by atoms with Crippen LogP contribution in [0.2, 0.25) is 0 Å². The first-order valence-corrected chi connectivity index (χ1v) is 44.6. The molecule has 5 aliphatic carbocycles. The number of unbranched alkanes of at least 4 members (excludes halogenated alkanes) is 1. The van der Waals surface area contributed by atoms with Crippen LogP contribution < -0.4 is 31.9 Å². The molecule has 125 heavy (non-hydrogen) atoms. The number of rotatable bonds is 47. The second-order valence-corrected chi connectivity index (χ2v) is 35.2. The molecule has 686 valence electrons. The molecule has 1 aromatic heterocycles. The lowest BCUT2D eigenvalue weighted by atomic mass is 9.44. The van der Waals surface area contributed by atoms with E-state index in [0.717, 1.165) is 36.0 Å². The summed E-state index contributed by atoms with van der Waals surface area (Å²) in [7, 11) is 0. The first kappa shape index (κ1) is 97.1. The third-order valence-corrected chi connectivity index (χ3v) is 26.4. The molecule has 31 nitrogen and oxygen atoms in total. The Balaban J connectivity index is 0.662. The Bertz CT molecular complexity index is 4400. The SMILES string of the molecule is C=C1C=C[C@@]2(C)C(=C1)[C@@H](F)C[C@H]1[C@@H]3C[C@H]4OC(CCC)O[C@@]4(C(=O)CNC(=O)[C@H](CCCNC(N)=O)CC(=O)[C@@H](NC(=O)[C@@H](CCCCNC(=O)COC4CCCCCc5c4nnn5C4O[C@H](CO)[C@H](O)[C@H](O)[C@H]4O)CC(=O)CCOCCOCCOCCOCCCC(=O)CCC(=O)N4Cc5ccccc5C#Cc5ccccc54)C(C)C)[C@@]3(C)C[C@H](O)[C@@]12F. The maximum absolute atomic E-state index is 18.4. The van der Waals surface area contributed by atoms with Crippen molar-refractivity contribution in [2.45, 2.75) is 261 Å². The number of urea groups is 1. The van der Waals surface area contributed by atoms with E-state index in [9.17, 15) is 63.9 Å². The minimum absolute atomic E-state index is 0.00344. The van der Waals surface area contributed by atoms with Crippen LogP contribution in [-0.2, 0) is 89.2 Å². The van der Waals surface area contributed by atoms with Gasteiger partial charge in [-0.3, -0.25) is 38.4 Å². The molecule has 11 N–H and O–H groups in total. The van der Waals surface area contributed by atoms with E-state index in [1.165, 1.54) is 4.68 Å². The molecular weight excluding hydrogens is 1620 g/mol. The number of ether oxygens (including phenoxy) is 8. The zero-order chi connectivity index (χ0) is 89.8. The summed E-state index contributed by atoms with van der Waals surface area (Å²) < 4.78 is 84.3. The number of hydrogen-bond acceptors (Lipinski definition) is 24. The molecule has 0 radical (unpaired) electrons. The number of nitrogens with one attached hydrogen (secondary N) is 4. The maximum atomic E-state index is 18.4. The van der Waals surface area contributed by atoms with Gasteiger partial charge in [-0.1, -0.05) is 126 Å². The molecule has 8 aliphatic rings. The highest BCUT2D eigenvalue weighted by atomic mass is 19.1. The lowest BCUT2D eigenvalue weighted by Crippen LogP contribution is -2.71. The van der Waals surface area contributed by atoms with Crippen molar-refractivity contribution >= 4 is 58.5 Å². The van der Waals surface area contributed by atoms with Gasteiger partial charge in [0.1, 0.15) is 60.6 Å². The van der Waals surface area contributed by atoms with E-state index in [-0.39, 0.29) is 153 Å². The van der Waals surface area contributed by atoms with Crippen molar-refractivity contribution in [1.82, 2.24) is 36.3 Å². The van der Waals surface area contributed by atoms with Crippen molar-refractivity contribution in [3.8, 4) is 11.8 Å². The van der Waals surface area contributed by atoms with Gasteiger partial charge in [0, 0.05) is 97.9 Å². The van der Waals surface area contributed by atoms with Crippen molar-refractivity contribution in [1.29, 1.82) is 0 Å². The van der Waals surface area contributed by atoms with Crippen molar-refractivity contribution < 1.29 is 115 Å². The molecule has 5 fully saturated rings. The molecular formula is C92H127F2N9O22. The summed E-state index contributed by atoms with van der Waals surface area (Å²) in [6, 6.07) is 13.2. The second kappa shape index (κ2) is 45.0. The number of allylic oxidation sites excluding steroid dienone is 5. The Morgan fingerprint density at radius 2 is 1.43 bits per heavy atom. The lowest BCUT2D eigenvalue weighted by molar-refractivity contribution is -0.254. The minimum Gasteiger partial charge on any atom is -0.394 e.